The lowest BCUT2D eigenvalue weighted by Gasteiger charge is -2.10. The number of nitrogens with one attached hydrogen (secondary N) is 1. The minimum atomic E-state index is -0.976. The van der Waals surface area contributed by atoms with Gasteiger partial charge in [-0.1, -0.05) is 24.3 Å². The summed E-state index contributed by atoms with van der Waals surface area (Å²) in [5, 5.41) is 21.2. The first kappa shape index (κ1) is 18.3. The monoisotopic (exact) mass is 343 g/mol. The van der Waals surface area contributed by atoms with E-state index in [2.05, 4.69) is 5.32 Å². The highest BCUT2D eigenvalue weighted by molar-refractivity contribution is 5.92. The first-order valence-electron chi connectivity index (χ1n) is 7.97. The van der Waals surface area contributed by atoms with Crippen molar-refractivity contribution in [1.29, 1.82) is 0 Å². The molecule has 0 unspecified atom stereocenters. The fourth-order valence-electron chi connectivity index (χ4n) is 2.31. The number of phenolic OH excluding ortho intramolecular Hbond substituents is 1. The zero-order valence-corrected chi connectivity index (χ0v) is 14.0. The van der Waals surface area contributed by atoms with Gasteiger partial charge in [0.1, 0.15) is 11.5 Å². The number of carboxylic acids is 1. The number of hydrogen-bond acceptors (Lipinski definition) is 4. The third-order valence-electron chi connectivity index (χ3n) is 3.59. The number of benzene rings is 2. The highest BCUT2D eigenvalue weighted by Crippen LogP contribution is 2.25. The molecule has 2 aromatic rings. The number of amides is 1. The summed E-state index contributed by atoms with van der Waals surface area (Å²) in [6.45, 7) is 2.36. The molecule has 0 saturated carbocycles. The number of carbonyl (C=O) groups excluding carboxylic acids is 1. The number of aliphatic carboxylic acids is 1. The summed E-state index contributed by atoms with van der Waals surface area (Å²) in [6, 6.07) is 12.0. The van der Waals surface area contributed by atoms with Crippen LogP contribution in [0.3, 0.4) is 0 Å². The Kier molecular flexibility index (Phi) is 6.39. The second-order valence-corrected chi connectivity index (χ2v) is 5.69. The molecule has 6 heteroatoms. The molecule has 0 aliphatic heterocycles. The topological polar surface area (TPSA) is 95.9 Å². The second kappa shape index (κ2) is 8.73. The molecule has 0 aliphatic rings. The van der Waals surface area contributed by atoms with Gasteiger partial charge in [-0.25, -0.2) is 0 Å². The number of carbonyl (C=O) groups is 2. The van der Waals surface area contributed by atoms with Crippen LogP contribution in [0.2, 0.25) is 0 Å². The first-order valence-corrected chi connectivity index (χ1v) is 7.97. The Morgan fingerprint density at radius 1 is 1.16 bits per heavy atom. The van der Waals surface area contributed by atoms with Crippen LogP contribution >= 0.6 is 0 Å². The summed E-state index contributed by atoms with van der Waals surface area (Å²) in [5.74, 6) is -0.548. The lowest BCUT2D eigenvalue weighted by molar-refractivity contribution is -0.136. The fourth-order valence-corrected chi connectivity index (χ4v) is 2.31. The van der Waals surface area contributed by atoms with Gasteiger partial charge in [-0.3, -0.25) is 9.59 Å². The maximum absolute atomic E-state index is 12.0. The van der Waals surface area contributed by atoms with Gasteiger partial charge in [-0.05, 0) is 42.7 Å². The Bertz CT molecular complexity index is 757. The maximum atomic E-state index is 12.0. The molecule has 25 heavy (non-hydrogen) atoms. The molecule has 0 bridgehead atoms. The summed E-state index contributed by atoms with van der Waals surface area (Å²) in [6.07, 6.45) is 0.581. The van der Waals surface area contributed by atoms with Crippen molar-refractivity contribution < 1.29 is 24.5 Å². The fraction of sp³-hybridized carbons (Fsp3) is 0.263. The average molecular weight is 343 g/mol. The smallest absolute Gasteiger partial charge is 0.307 e. The van der Waals surface area contributed by atoms with Crippen LogP contribution in [-0.2, 0) is 16.0 Å². The van der Waals surface area contributed by atoms with Crippen molar-refractivity contribution >= 4 is 17.6 Å². The number of ether oxygens (including phenoxy) is 1. The molecule has 0 spiro atoms. The third kappa shape index (κ3) is 5.84. The Morgan fingerprint density at radius 2 is 1.92 bits per heavy atom. The average Bonchev–Trinajstić information content (AvgIpc) is 2.56. The highest BCUT2D eigenvalue weighted by Gasteiger charge is 2.09. The largest absolute Gasteiger partial charge is 0.506 e. The molecule has 0 radical (unpaired) electrons. The standard InChI is InChI=1S/C19H21NO5/c1-13-5-2-3-6-17(13)25-10-4-7-18(22)20-15-11-14(12-19(23)24)8-9-16(15)21/h2-3,5-6,8-9,11,21H,4,7,10,12H2,1H3,(H,20,22)(H,23,24). The molecule has 2 aromatic carbocycles. The quantitative estimate of drug-likeness (QED) is 0.505. The minimum Gasteiger partial charge on any atom is -0.506 e. The van der Waals surface area contributed by atoms with Crippen LogP contribution in [-0.4, -0.2) is 28.7 Å². The lowest BCUT2D eigenvalue weighted by atomic mass is 10.1. The van der Waals surface area contributed by atoms with E-state index in [4.69, 9.17) is 9.84 Å². The molecule has 0 fully saturated rings. The second-order valence-electron chi connectivity index (χ2n) is 5.69. The van der Waals surface area contributed by atoms with Crippen LogP contribution in [0, 0.1) is 6.92 Å². The molecule has 1 amide bonds. The summed E-state index contributed by atoms with van der Waals surface area (Å²) in [5.41, 5.74) is 1.75. The Labute approximate surface area is 146 Å². The SMILES string of the molecule is Cc1ccccc1OCCCC(=O)Nc1cc(CC(=O)O)ccc1O. The van der Waals surface area contributed by atoms with Crippen molar-refractivity contribution in [2.75, 3.05) is 11.9 Å². The number of aryl methyl sites for hydroxylation is 1. The van der Waals surface area contributed by atoms with Crippen LogP contribution < -0.4 is 10.1 Å². The Hall–Kier alpha value is -3.02. The van der Waals surface area contributed by atoms with E-state index in [-0.39, 0.29) is 30.2 Å². The first-order chi connectivity index (χ1) is 12.0. The highest BCUT2D eigenvalue weighted by atomic mass is 16.5. The van der Waals surface area contributed by atoms with E-state index >= 15 is 0 Å². The summed E-state index contributed by atoms with van der Waals surface area (Å²) in [4.78, 5) is 22.7. The number of rotatable bonds is 8. The number of aromatic hydroxyl groups is 1. The predicted molar refractivity (Wildman–Crippen MR) is 94.0 cm³/mol. The number of hydrogen-bond donors (Lipinski definition) is 3. The number of anilines is 1. The summed E-state index contributed by atoms with van der Waals surface area (Å²) in [7, 11) is 0. The van der Waals surface area contributed by atoms with Crippen LogP contribution in [0.25, 0.3) is 0 Å². The molecule has 0 saturated heterocycles. The molecule has 0 heterocycles. The van der Waals surface area contributed by atoms with Crippen molar-refractivity contribution in [3.05, 3.63) is 53.6 Å². The molecule has 0 aliphatic carbocycles. The van der Waals surface area contributed by atoms with E-state index in [9.17, 15) is 14.7 Å². The van der Waals surface area contributed by atoms with Crippen LogP contribution in [0.1, 0.15) is 24.0 Å². The van der Waals surface area contributed by atoms with Gasteiger partial charge in [0.2, 0.25) is 5.91 Å². The van der Waals surface area contributed by atoms with E-state index in [0.717, 1.165) is 11.3 Å². The van der Waals surface area contributed by atoms with Crippen molar-refractivity contribution in [2.45, 2.75) is 26.2 Å². The Balaban J connectivity index is 1.82. The zero-order valence-electron chi connectivity index (χ0n) is 14.0. The van der Waals surface area contributed by atoms with Gasteiger partial charge in [0, 0.05) is 6.42 Å². The van der Waals surface area contributed by atoms with Crippen molar-refractivity contribution in [3.63, 3.8) is 0 Å². The normalized spacial score (nSPS) is 10.3. The van der Waals surface area contributed by atoms with Crippen LogP contribution in [0.5, 0.6) is 11.5 Å². The molecule has 6 nitrogen and oxygen atoms in total. The van der Waals surface area contributed by atoms with E-state index < -0.39 is 5.97 Å². The zero-order chi connectivity index (χ0) is 18.2. The van der Waals surface area contributed by atoms with Gasteiger partial charge < -0.3 is 20.3 Å². The van der Waals surface area contributed by atoms with Gasteiger partial charge in [-0.15, -0.1) is 0 Å². The molecular weight excluding hydrogens is 322 g/mol. The molecule has 132 valence electrons. The number of phenols is 1. The lowest BCUT2D eigenvalue weighted by Crippen LogP contribution is -2.13. The van der Waals surface area contributed by atoms with E-state index in [1.54, 1.807) is 0 Å². The summed E-state index contributed by atoms with van der Waals surface area (Å²) >= 11 is 0. The summed E-state index contributed by atoms with van der Waals surface area (Å²) < 4.78 is 5.63. The van der Waals surface area contributed by atoms with E-state index in [0.29, 0.717) is 18.6 Å². The minimum absolute atomic E-state index is 0.0985. The van der Waals surface area contributed by atoms with Gasteiger partial charge in [0.05, 0.1) is 18.7 Å². The van der Waals surface area contributed by atoms with E-state index in [1.807, 2.05) is 31.2 Å². The number of carboxylic acid groups (broad SMARTS) is 1. The third-order valence-corrected chi connectivity index (χ3v) is 3.59. The molecule has 0 aromatic heterocycles. The molecule has 3 N–H and O–H groups in total. The van der Waals surface area contributed by atoms with Gasteiger partial charge in [0.25, 0.3) is 0 Å². The van der Waals surface area contributed by atoms with Crippen LogP contribution in [0.15, 0.2) is 42.5 Å². The van der Waals surface area contributed by atoms with E-state index in [1.165, 1.54) is 18.2 Å². The van der Waals surface area contributed by atoms with Gasteiger partial charge in [-0.2, -0.15) is 0 Å². The van der Waals surface area contributed by atoms with Gasteiger partial charge >= 0.3 is 5.97 Å². The molecule has 2 rings (SSSR count). The molecular formula is C19H21NO5. The predicted octanol–water partition coefficient (Wildman–Crippen LogP) is 3.13. The van der Waals surface area contributed by atoms with Gasteiger partial charge in [0.15, 0.2) is 0 Å². The number of para-hydroxylation sites is 1. The molecule has 0 atom stereocenters. The Morgan fingerprint density at radius 3 is 2.64 bits per heavy atom. The maximum Gasteiger partial charge on any atom is 0.307 e. The van der Waals surface area contributed by atoms with Crippen LogP contribution in [0.4, 0.5) is 5.69 Å². The van der Waals surface area contributed by atoms with Crippen molar-refractivity contribution in [2.24, 2.45) is 0 Å². The van der Waals surface area contributed by atoms with Crippen molar-refractivity contribution in [3.8, 4) is 11.5 Å². The van der Waals surface area contributed by atoms with Crippen molar-refractivity contribution in [1.82, 2.24) is 0 Å².